The van der Waals surface area contributed by atoms with E-state index in [1.165, 1.54) is 6.20 Å². The molecular formula is C14H24ClN3O2. The van der Waals surface area contributed by atoms with Gasteiger partial charge in [0, 0.05) is 6.54 Å². The maximum Gasteiger partial charge on any atom is 0.287 e. The van der Waals surface area contributed by atoms with Crippen LogP contribution in [-0.4, -0.2) is 28.0 Å². The SMILES string of the molecule is CC(C)C(CNc1cnn(CCO)c(=O)c1Cl)C(C)C. The fraction of sp³-hybridized carbons (Fsp3) is 0.714. The van der Waals surface area contributed by atoms with Gasteiger partial charge in [-0.25, -0.2) is 4.68 Å². The van der Waals surface area contributed by atoms with Crippen LogP contribution in [0.25, 0.3) is 0 Å². The molecule has 1 rings (SSSR count). The molecule has 0 atom stereocenters. The highest BCUT2D eigenvalue weighted by Crippen LogP contribution is 2.22. The van der Waals surface area contributed by atoms with E-state index in [0.29, 0.717) is 23.4 Å². The van der Waals surface area contributed by atoms with Gasteiger partial charge in [-0.2, -0.15) is 5.10 Å². The van der Waals surface area contributed by atoms with Crippen LogP contribution < -0.4 is 10.9 Å². The van der Waals surface area contributed by atoms with Gasteiger partial charge in [0.05, 0.1) is 25.0 Å². The normalized spacial score (nSPS) is 11.7. The van der Waals surface area contributed by atoms with Gasteiger partial charge in [0.15, 0.2) is 0 Å². The van der Waals surface area contributed by atoms with Crippen molar-refractivity contribution in [2.45, 2.75) is 34.2 Å². The van der Waals surface area contributed by atoms with Crippen LogP contribution in [-0.2, 0) is 6.54 Å². The van der Waals surface area contributed by atoms with Gasteiger partial charge in [0.2, 0.25) is 0 Å². The minimum atomic E-state index is -0.378. The zero-order valence-electron chi connectivity index (χ0n) is 12.6. The van der Waals surface area contributed by atoms with Crippen molar-refractivity contribution in [2.75, 3.05) is 18.5 Å². The first-order valence-electron chi connectivity index (χ1n) is 6.98. The Bertz CT molecular complexity index is 478. The number of rotatable bonds is 7. The Morgan fingerprint density at radius 1 is 1.35 bits per heavy atom. The van der Waals surface area contributed by atoms with E-state index in [4.69, 9.17) is 16.7 Å². The molecule has 114 valence electrons. The molecule has 0 aliphatic heterocycles. The highest BCUT2D eigenvalue weighted by molar-refractivity contribution is 6.32. The number of aliphatic hydroxyl groups excluding tert-OH is 1. The highest BCUT2D eigenvalue weighted by Gasteiger charge is 2.18. The zero-order chi connectivity index (χ0) is 15.3. The smallest absolute Gasteiger partial charge is 0.287 e. The largest absolute Gasteiger partial charge is 0.394 e. The molecule has 0 aromatic carbocycles. The molecule has 20 heavy (non-hydrogen) atoms. The summed E-state index contributed by atoms with van der Waals surface area (Å²) in [5.41, 5.74) is 0.175. The van der Waals surface area contributed by atoms with E-state index in [1.54, 1.807) is 0 Å². The monoisotopic (exact) mass is 301 g/mol. The van der Waals surface area contributed by atoms with Crippen LogP contribution in [0.1, 0.15) is 27.7 Å². The summed E-state index contributed by atoms with van der Waals surface area (Å²) < 4.78 is 1.16. The van der Waals surface area contributed by atoms with Gasteiger partial charge in [-0.05, 0) is 17.8 Å². The average Bonchev–Trinajstić information content (AvgIpc) is 2.37. The molecule has 1 aromatic heterocycles. The summed E-state index contributed by atoms with van der Waals surface area (Å²) in [6.07, 6.45) is 1.54. The lowest BCUT2D eigenvalue weighted by molar-refractivity contribution is 0.266. The number of aliphatic hydroxyl groups is 1. The van der Waals surface area contributed by atoms with Crippen molar-refractivity contribution in [2.24, 2.45) is 17.8 Å². The Hall–Kier alpha value is -1.07. The third-order valence-electron chi connectivity index (χ3n) is 3.54. The summed E-state index contributed by atoms with van der Waals surface area (Å²) in [4.78, 5) is 11.9. The van der Waals surface area contributed by atoms with E-state index in [-0.39, 0.29) is 23.7 Å². The summed E-state index contributed by atoms with van der Waals surface area (Å²) in [6.45, 7) is 9.51. The highest BCUT2D eigenvalue weighted by atomic mass is 35.5. The summed E-state index contributed by atoms with van der Waals surface area (Å²) in [7, 11) is 0. The Balaban J connectivity index is 2.84. The Morgan fingerprint density at radius 3 is 2.45 bits per heavy atom. The van der Waals surface area contributed by atoms with E-state index >= 15 is 0 Å². The summed E-state index contributed by atoms with van der Waals surface area (Å²) in [5, 5.41) is 16.2. The number of anilines is 1. The lowest BCUT2D eigenvalue weighted by atomic mass is 9.85. The van der Waals surface area contributed by atoms with Crippen LogP contribution in [0.15, 0.2) is 11.0 Å². The van der Waals surface area contributed by atoms with E-state index in [9.17, 15) is 4.79 Å². The molecule has 0 saturated heterocycles. The molecule has 0 radical (unpaired) electrons. The molecular weight excluding hydrogens is 278 g/mol. The molecule has 0 unspecified atom stereocenters. The van der Waals surface area contributed by atoms with Gasteiger partial charge in [-0.15, -0.1) is 0 Å². The molecule has 0 amide bonds. The predicted octanol–water partition coefficient (Wildman–Crippen LogP) is 2.23. The third-order valence-corrected chi connectivity index (χ3v) is 3.90. The molecule has 1 heterocycles. The Kier molecular flexibility index (Phi) is 6.49. The van der Waals surface area contributed by atoms with Crippen LogP contribution in [0, 0.1) is 17.8 Å². The van der Waals surface area contributed by atoms with Crippen molar-refractivity contribution < 1.29 is 5.11 Å². The molecule has 0 bridgehead atoms. The molecule has 0 saturated carbocycles. The second-order valence-corrected chi connectivity index (χ2v) is 6.03. The molecule has 0 aliphatic carbocycles. The first kappa shape index (κ1) is 17.0. The quantitative estimate of drug-likeness (QED) is 0.810. The number of hydrogen-bond acceptors (Lipinski definition) is 4. The van der Waals surface area contributed by atoms with Gasteiger partial charge in [0.25, 0.3) is 5.56 Å². The molecule has 2 N–H and O–H groups in total. The number of hydrogen-bond donors (Lipinski definition) is 2. The fourth-order valence-corrected chi connectivity index (χ4v) is 2.52. The molecule has 0 fully saturated rings. The second kappa shape index (κ2) is 7.64. The molecule has 6 heteroatoms. The van der Waals surface area contributed by atoms with Crippen LogP contribution in [0.4, 0.5) is 5.69 Å². The van der Waals surface area contributed by atoms with Crippen LogP contribution in [0.2, 0.25) is 5.02 Å². The first-order valence-corrected chi connectivity index (χ1v) is 7.36. The van der Waals surface area contributed by atoms with E-state index < -0.39 is 0 Å². The average molecular weight is 302 g/mol. The molecule has 5 nitrogen and oxygen atoms in total. The Labute approximate surface area is 125 Å². The summed E-state index contributed by atoms with van der Waals surface area (Å²) >= 11 is 6.06. The third kappa shape index (κ3) is 4.21. The van der Waals surface area contributed by atoms with Crippen molar-refractivity contribution in [3.63, 3.8) is 0 Å². The standard InChI is InChI=1S/C14H24ClN3O2/c1-9(2)11(10(3)4)7-16-12-8-17-18(5-6-19)14(20)13(12)15/h8-11,16,19H,5-7H2,1-4H3. The van der Waals surface area contributed by atoms with Gasteiger partial charge >= 0.3 is 0 Å². The molecule has 1 aromatic rings. The Morgan fingerprint density at radius 2 is 1.95 bits per heavy atom. The number of halogens is 1. The van der Waals surface area contributed by atoms with Crippen molar-refractivity contribution in [3.05, 3.63) is 21.6 Å². The van der Waals surface area contributed by atoms with E-state index in [0.717, 1.165) is 11.2 Å². The molecule has 0 spiro atoms. The van der Waals surface area contributed by atoms with Crippen LogP contribution >= 0.6 is 11.6 Å². The number of nitrogens with one attached hydrogen (secondary N) is 1. The topological polar surface area (TPSA) is 67.2 Å². The van der Waals surface area contributed by atoms with Crippen molar-refractivity contribution >= 4 is 17.3 Å². The fourth-order valence-electron chi connectivity index (χ4n) is 2.31. The van der Waals surface area contributed by atoms with E-state index in [1.807, 2.05) is 0 Å². The number of nitrogens with zero attached hydrogens (tertiary/aromatic N) is 2. The first-order chi connectivity index (χ1) is 9.38. The summed E-state index contributed by atoms with van der Waals surface area (Å²) in [6, 6.07) is 0. The predicted molar refractivity (Wildman–Crippen MR) is 82.2 cm³/mol. The van der Waals surface area contributed by atoms with Gasteiger partial charge in [-0.1, -0.05) is 39.3 Å². The maximum atomic E-state index is 11.9. The molecule has 0 aliphatic rings. The lowest BCUT2D eigenvalue weighted by Gasteiger charge is -2.25. The minimum Gasteiger partial charge on any atom is -0.394 e. The van der Waals surface area contributed by atoms with Gasteiger partial charge in [-0.3, -0.25) is 4.79 Å². The minimum absolute atomic E-state index is 0.125. The van der Waals surface area contributed by atoms with Gasteiger partial charge < -0.3 is 10.4 Å². The second-order valence-electron chi connectivity index (χ2n) is 5.66. The van der Waals surface area contributed by atoms with Crippen LogP contribution in [0.3, 0.4) is 0 Å². The maximum absolute atomic E-state index is 11.9. The van der Waals surface area contributed by atoms with Crippen molar-refractivity contribution in [1.29, 1.82) is 0 Å². The van der Waals surface area contributed by atoms with Gasteiger partial charge in [0.1, 0.15) is 5.02 Å². The zero-order valence-corrected chi connectivity index (χ0v) is 13.3. The van der Waals surface area contributed by atoms with Crippen molar-refractivity contribution in [1.82, 2.24) is 9.78 Å². The summed E-state index contributed by atoms with van der Waals surface area (Å²) in [5.74, 6) is 1.58. The van der Waals surface area contributed by atoms with Crippen LogP contribution in [0.5, 0.6) is 0 Å². The number of aromatic nitrogens is 2. The lowest BCUT2D eigenvalue weighted by Crippen LogP contribution is -2.28. The van der Waals surface area contributed by atoms with Crippen molar-refractivity contribution in [3.8, 4) is 0 Å². The van der Waals surface area contributed by atoms with E-state index in [2.05, 4.69) is 38.1 Å².